The van der Waals surface area contributed by atoms with Crippen LogP contribution in [0.2, 0.25) is 0 Å². The zero-order chi connectivity index (χ0) is 18.8. The van der Waals surface area contributed by atoms with E-state index in [0.717, 1.165) is 44.3 Å². The minimum atomic E-state index is -0.978. The molecular weight excluding hydrogens is 334 g/mol. The largest absolute Gasteiger partial charge is 0.497 e. The van der Waals surface area contributed by atoms with Crippen LogP contribution in [0.4, 0.5) is 0 Å². The molecule has 1 fully saturated rings. The number of hydrogen-bond acceptors (Lipinski definition) is 4. The molecule has 26 heavy (non-hydrogen) atoms. The van der Waals surface area contributed by atoms with Crippen LogP contribution in [0.3, 0.4) is 0 Å². The zero-order valence-corrected chi connectivity index (χ0v) is 15.4. The third kappa shape index (κ3) is 6.67. The zero-order valence-electron chi connectivity index (χ0n) is 15.4. The number of methoxy groups -OCH3 is 1. The number of benzene rings is 1. The van der Waals surface area contributed by atoms with Gasteiger partial charge in [-0.15, -0.1) is 0 Å². The van der Waals surface area contributed by atoms with Gasteiger partial charge in [-0.3, -0.25) is 4.79 Å². The van der Waals surface area contributed by atoms with Gasteiger partial charge in [0.1, 0.15) is 11.8 Å². The van der Waals surface area contributed by atoms with Crippen LogP contribution in [-0.4, -0.2) is 43.3 Å². The molecular formula is C20H29NO5. The van der Waals surface area contributed by atoms with E-state index < -0.39 is 12.0 Å². The van der Waals surface area contributed by atoms with Gasteiger partial charge >= 0.3 is 5.97 Å². The van der Waals surface area contributed by atoms with Crippen molar-refractivity contribution in [1.82, 2.24) is 5.32 Å². The van der Waals surface area contributed by atoms with Crippen molar-refractivity contribution in [2.24, 2.45) is 5.92 Å². The summed E-state index contributed by atoms with van der Waals surface area (Å²) in [7, 11) is 1.65. The van der Waals surface area contributed by atoms with Crippen LogP contribution in [0, 0.1) is 5.92 Å². The molecule has 1 aliphatic rings. The Hall–Kier alpha value is -2.08. The number of hydrogen-bond donors (Lipinski definition) is 2. The molecule has 0 saturated carbocycles. The highest BCUT2D eigenvalue weighted by Gasteiger charge is 2.31. The standard InChI is InChI=1S/C20H29NO5/c1-25-17-11-9-15(10-12-17)6-3-2-4-8-18(22)21-19(20(23)24)16-7-5-13-26-14-16/h9-12,16,19H,2-8,13-14H2,1H3,(H,21,22)(H,23,24). The van der Waals surface area contributed by atoms with Crippen molar-refractivity contribution in [1.29, 1.82) is 0 Å². The van der Waals surface area contributed by atoms with E-state index in [-0.39, 0.29) is 11.8 Å². The molecule has 1 aliphatic heterocycles. The van der Waals surface area contributed by atoms with Crippen molar-refractivity contribution in [3.8, 4) is 5.75 Å². The highest BCUT2D eigenvalue weighted by Crippen LogP contribution is 2.18. The number of carboxylic acids is 1. The maximum atomic E-state index is 12.1. The maximum absolute atomic E-state index is 12.1. The average Bonchev–Trinajstić information content (AvgIpc) is 2.66. The number of unbranched alkanes of at least 4 members (excludes halogenated alkanes) is 2. The van der Waals surface area contributed by atoms with Crippen molar-refractivity contribution in [2.45, 2.75) is 51.0 Å². The Morgan fingerprint density at radius 3 is 2.65 bits per heavy atom. The molecule has 1 aromatic rings. The van der Waals surface area contributed by atoms with Gasteiger partial charge in [0.2, 0.25) is 5.91 Å². The van der Waals surface area contributed by atoms with E-state index in [1.54, 1.807) is 7.11 Å². The molecule has 0 bridgehead atoms. The third-order valence-electron chi connectivity index (χ3n) is 4.78. The van der Waals surface area contributed by atoms with Crippen molar-refractivity contribution in [2.75, 3.05) is 20.3 Å². The lowest BCUT2D eigenvalue weighted by Crippen LogP contribution is -2.48. The highest BCUT2D eigenvalue weighted by atomic mass is 16.5. The van der Waals surface area contributed by atoms with Gasteiger partial charge in [-0.25, -0.2) is 4.79 Å². The minimum absolute atomic E-state index is 0.139. The minimum Gasteiger partial charge on any atom is -0.497 e. The molecule has 2 rings (SSSR count). The summed E-state index contributed by atoms with van der Waals surface area (Å²) in [4.78, 5) is 23.5. The molecule has 2 atom stereocenters. The number of aliphatic carboxylic acids is 1. The second-order valence-corrected chi connectivity index (χ2v) is 6.77. The second kappa shape index (κ2) is 10.8. The molecule has 1 saturated heterocycles. The van der Waals surface area contributed by atoms with Crippen LogP contribution < -0.4 is 10.1 Å². The van der Waals surface area contributed by atoms with Gasteiger partial charge in [-0.1, -0.05) is 18.6 Å². The number of carbonyl (C=O) groups is 2. The Bertz CT molecular complexity index is 566. The van der Waals surface area contributed by atoms with Crippen molar-refractivity contribution >= 4 is 11.9 Å². The van der Waals surface area contributed by atoms with Crippen molar-refractivity contribution < 1.29 is 24.2 Å². The molecule has 0 aromatic heterocycles. The molecule has 1 heterocycles. The second-order valence-electron chi connectivity index (χ2n) is 6.77. The quantitative estimate of drug-likeness (QED) is 0.625. The number of aryl methyl sites for hydroxylation is 1. The Kier molecular flexibility index (Phi) is 8.41. The molecule has 0 aliphatic carbocycles. The maximum Gasteiger partial charge on any atom is 0.326 e. The van der Waals surface area contributed by atoms with E-state index >= 15 is 0 Å². The lowest BCUT2D eigenvalue weighted by Gasteiger charge is -2.28. The number of carboxylic acid groups (broad SMARTS) is 1. The first-order chi connectivity index (χ1) is 12.6. The number of amides is 1. The first-order valence-electron chi connectivity index (χ1n) is 9.33. The molecule has 144 valence electrons. The van der Waals surface area contributed by atoms with Crippen LogP contribution in [0.25, 0.3) is 0 Å². The first-order valence-corrected chi connectivity index (χ1v) is 9.33. The predicted molar refractivity (Wildman–Crippen MR) is 98.3 cm³/mol. The van der Waals surface area contributed by atoms with Crippen LogP contribution in [-0.2, 0) is 20.7 Å². The number of rotatable bonds is 10. The van der Waals surface area contributed by atoms with Crippen LogP contribution in [0.1, 0.15) is 44.1 Å². The molecule has 1 amide bonds. The van der Waals surface area contributed by atoms with Crippen LogP contribution in [0.15, 0.2) is 24.3 Å². The molecule has 0 radical (unpaired) electrons. The fourth-order valence-corrected chi connectivity index (χ4v) is 3.24. The Labute approximate surface area is 154 Å². The van der Waals surface area contributed by atoms with E-state index in [0.29, 0.717) is 19.6 Å². The summed E-state index contributed by atoms with van der Waals surface area (Å²) in [5.41, 5.74) is 1.25. The van der Waals surface area contributed by atoms with Gasteiger partial charge in [-0.05, 0) is 49.8 Å². The summed E-state index contributed by atoms with van der Waals surface area (Å²) in [6, 6.07) is 7.15. The van der Waals surface area contributed by atoms with Gasteiger partial charge in [-0.2, -0.15) is 0 Å². The Balaban J connectivity index is 1.64. The first kappa shape index (κ1) is 20.2. The third-order valence-corrected chi connectivity index (χ3v) is 4.78. The molecule has 2 unspecified atom stereocenters. The Morgan fingerprint density at radius 1 is 1.27 bits per heavy atom. The number of ether oxygens (including phenoxy) is 2. The summed E-state index contributed by atoms with van der Waals surface area (Å²) in [6.45, 7) is 1.07. The van der Waals surface area contributed by atoms with Gasteiger partial charge in [0.05, 0.1) is 13.7 Å². The summed E-state index contributed by atoms with van der Waals surface area (Å²) in [5, 5.41) is 12.0. The van der Waals surface area contributed by atoms with E-state index in [2.05, 4.69) is 17.4 Å². The van der Waals surface area contributed by atoms with Crippen LogP contribution >= 0.6 is 0 Å². The predicted octanol–water partition coefficient (Wildman–Crippen LogP) is 2.79. The van der Waals surface area contributed by atoms with Crippen LogP contribution in [0.5, 0.6) is 5.75 Å². The van der Waals surface area contributed by atoms with E-state index in [1.807, 2.05) is 12.1 Å². The van der Waals surface area contributed by atoms with Gasteiger partial charge in [0.25, 0.3) is 0 Å². The summed E-state index contributed by atoms with van der Waals surface area (Å²) >= 11 is 0. The lowest BCUT2D eigenvalue weighted by atomic mass is 9.93. The summed E-state index contributed by atoms with van der Waals surface area (Å²) in [6.07, 6.45) is 5.63. The van der Waals surface area contributed by atoms with Crippen molar-refractivity contribution in [3.05, 3.63) is 29.8 Å². The average molecular weight is 363 g/mol. The molecule has 1 aromatic carbocycles. The Morgan fingerprint density at radius 2 is 2.04 bits per heavy atom. The molecule has 6 heteroatoms. The van der Waals surface area contributed by atoms with Gasteiger partial charge in [0, 0.05) is 18.9 Å². The fourth-order valence-electron chi connectivity index (χ4n) is 3.24. The van der Waals surface area contributed by atoms with Crippen molar-refractivity contribution in [3.63, 3.8) is 0 Å². The molecule has 2 N–H and O–H groups in total. The summed E-state index contributed by atoms with van der Waals surface area (Å²) in [5.74, 6) is -0.456. The van der Waals surface area contributed by atoms with E-state index in [4.69, 9.17) is 9.47 Å². The monoisotopic (exact) mass is 363 g/mol. The van der Waals surface area contributed by atoms with E-state index in [9.17, 15) is 14.7 Å². The highest BCUT2D eigenvalue weighted by molar-refractivity contribution is 5.83. The van der Waals surface area contributed by atoms with E-state index in [1.165, 1.54) is 5.56 Å². The SMILES string of the molecule is COc1ccc(CCCCCC(=O)NC(C(=O)O)C2CCCOC2)cc1. The lowest BCUT2D eigenvalue weighted by molar-refractivity contribution is -0.145. The topological polar surface area (TPSA) is 84.9 Å². The molecule has 0 spiro atoms. The molecule has 6 nitrogen and oxygen atoms in total. The van der Waals surface area contributed by atoms with Gasteiger partial charge in [0.15, 0.2) is 0 Å². The summed E-state index contributed by atoms with van der Waals surface area (Å²) < 4.78 is 10.5. The smallest absolute Gasteiger partial charge is 0.326 e. The van der Waals surface area contributed by atoms with Gasteiger partial charge < -0.3 is 19.9 Å². The fraction of sp³-hybridized carbons (Fsp3) is 0.600. The number of carbonyl (C=O) groups excluding carboxylic acids is 1. The normalized spacial score (nSPS) is 18.1. The number of nitrogens with one attached hydrogen (secondary N) is 1.